The first-order chi connectivity index (χ1) is 9.86. The molecule has 1 aliphatic heterocycles. The summed E-state index contributed by atoms with van der Waals surface area (Å²) in [4.78, 5) is 4.84. The SMILES string of the molecule is CCNC(=NCC(C1CC1)C1CC1)NCC1CCCO1. The summed E-state index contributed by atoms with van der Waals surface area (Å²) in [7, 11) is 0. The van der Waals surface area contributed by atoms with Gasteiger partial charge >= 0.3 is 0 Å². The van der Waals surface area contributed by atoms with Crippen LogP contribution in [0.5, 0.6) is 0 Å². The van der Waals surface area contributed by atoms with E-state index < -0.39 is 0 Å². The molecule has 0 bridgehead atoms. The van der Waals surface area contributed by atoms with Gasteiger partial charge in [-0.15, -0.1) is 0 Å². The summed E-state index contributed by atoms with van der Waals surface area (Å²) < 4.78 is 5.66. The predicted octanol–water partition coefficient (Wildman–Crippen LogP) is 2.16. The van der Waals surface area contributed by atoms with E-state index in [2.05, 4.69) is 17.6 Å². The van der Waals surface area contributed by atoms with Gasteiger partial charge in [-0.1, -0.05) is 0 Å². The predicted molar refractivity (Wildman–Crippen MR) is 81.9 cm³/mol. The van der Waals surface area contributed by atoms with Gasteiger partial charge in [-0.05, 0) is 63.2 Å². The molecule has 3 rings (SSSR count). The second-order valence-electron chi connectivity index (χ2n) is 6.57. The molecule has 0 amide bonds. The zero-order valence-corrected chi connectivity index (χ0v) is 12.7. The molecule has 0 aromatic heterocycles. The van der Waals surface area contributed by atoms with E-state index in [1.807, 2.05) is 0 Å². The number of guanidine groups is 1. The smallest absolute Gasteiger partial charge is 0.191 e. The molecule has 1 unspecified atom stereocenters. The second kappa shape index (κ2) is 6.79. The van der Waals surface area contributed by atoms with Crippen LogP contribution in [0.2, 0.25) is 0 Å². The maximum Gasteiger partial charge on any atom is 0.191 e. The molecule has 4 heteroatoms. The quantitative estimate of drug-likeness (QED) is 0.554. The largest absolute Gasteiger partial charge is 0.376 e. The van der Waals surface area contributed by atoms with Gasteiger partial charge in [-0.3, -0.25) is 4.99 Å². The highest BCUT2D eigenvalue weighted by atomic mass is 16.5. The fourth-order valence-corrected chi connectivity index (χ4v) is 3.29. The molecule has 0 spiro atoms. The van der Waals surface area contributed by atoms with Crippen molar-refractivity contribution in [3.8, 4) is 0 Å². The van der Waals surface area contributed by atoms with Crippen molar-refractivity contribution in [2.45, 2.75) is 51.6 Å². The summed E-state index contributed by atoms with van der Waals surface area (Å²) in [5.74, 6) is 3.79. The van der Waals surface area contributed by atoms with Gasteiger partial charge in [-0.2, -0.15) is 0 Å². The van der Waals surface area contributed by atoms with Gasteiger partial charge in [0.05, 0.1) is 6.10 Å². The summed E-state index contributed by atoms with van der Waals surface area (Å²) in [6, 6.07) is 0. The average molecular weight is 279 g/mol. The molecule has 1 atom stereocenters. The van der Waals surface area contributed by atoms with Crippen molar-refractivity contribution < 1.29 is 4.74 Å². The van der Waals surface area contributed by atoms with Crippen molar-refractivity contribution >= 4 is 5.96 Å². The van der Waals surface area contributed by atoms with Crippen LogP contribution in [0, 0.1) is 17.8 Å². The lowest BCUT2D eigenvalue weighted by atomic mass is 9.98. The molecule has 1 saturated heterocycles. The van der Waals surface area contributed by atoms with E-state index in [1.165, 1.54) is 38.5 Å². The Morgan fingerprint density at radius 1 is 1.15 bits per heavy atom. The number of rotatable bonds is 7. The number of nitrogens with zero attached hydrogens (tertiary/aromatic N) is 1. The van der Waals surface area contributed by atoms with Gasteiger partial charge in [0.2, 0.25) is 0 Å². The molecule has 3 aliphatic rings. The molecule has 4 nitrogen and oxygen atoms in total. The number of hydrogen-bond acceptors (Lipinski definition) is 2. The molecule has 0 aromatic carbocycles. The first-order valence-electron chi connectivity index (χ1n) is 8.50. The average Bonchev–Trinajstić information content (AvgIpc) is 3.38. The monoisotopic (exact) mass is 279 g/mol. The van der Waals surface area contributed by atoms with E-state index in [1.54, 1.807) is 0 Å². The van der Waals surface area contributed by atoms with Gasteiger partial charge < -0.3 is 15.4 Å². The van der Waals surface area contributed by atoms with Crippen molar-refractivity contribution in [2.75, 3.05) is 26.2 Å². The zero-order valence-electron chi connectivity index (χ0n) is 12.7. The van der Waals surface area contributed by atoms with E-state index >= 15 is 0 Å². The Morgan fingerprint density at radius 2 is 1.90 bits per heavy atom. The van der Waals surface area contributed by atoms with Gasteiger partial charge in [0.1, 0.15) is 0 Å². The molecular formula is C16H29N3O. The maximum absolute atomic E-state index is 5.66. The molecule has 0 aromatic rings. The van der Waals surface area contributed by atoms with Crippen molar-refractivity contribution in [3.63, 3.8) is 0 Å². The molecule has 0 radical (unpaired) electrons. The lowest BCUT2D eigenvalue weighted by Gasteiger charge is -2.17. The Labute approximate surface area is 122 Å². The molecule has 2 N–H and O–H groups in total. The fraction of sp³-hybridized carbons (Fsp3) is 0.938. The minimum absolute atomic E-state index is 0.376. The Balaban J connectivity index is 1.47. The standard InChI is InChI=1S/C16H29N3O/c1-2-17-16(18-10-14-4-3-9-20-14)19-11-15(12-5-6-12)13-7-8-13/h12-15H,2-11H2,1H3,(H2,17,18,19). The Kier molecular flexibility index (Phi) is 4.81. The Morgan fingerprint density at radius 3 is 2.45 bits per heavy atom. The summed E-state index contributed by atoms with van der Waals surface area (Å²) >= 11 is 0. The van der Waals surface area contributed by atoms with Crippen LogP contribution in [0.25, 0.3) is 0 Å². The highest BCUT2D eigenvalue weighted by Crippen LogP contribution is 2.49. The Bertz CT molecular complexity index is 319. The van der Waals surface area contributed by atoms with Crippen LogP contribution in [-0.2, 0) is 4.74 Å². The lowest BCUT2D eigenvalue weighted by molar-refractivity contribution is 0.114. The number of nitrogens with one attached hydrogen (secondary N) is 2. The maximum atomic E-state index is 5.66. The highest BCUT2D eigenvalue weighted by molar-refractivity contribution is 5.79. The third-order valence-corrected chi connectivity index (χ3v) is 4.78. The van der Waals surface area contributed by atoms with Crippen LogP contribution >= 0.6 is 0 Å². The van der Waals surface area contributed by atoms with Gasteiger partial charge in [0, 0.05) is 26.2 Å². The van der Waals surface area contributed by atoms with Crippen LogP contribution in [0.4, 0.5) is 0 Å². The van der Waals surface area contributed by atoms with Crippen molar-refractivity contribution in [1.29, 1.82) is 0 Å². The molecule has 2 saturated carbocycles. The third kappa shape index (κ3) is 4.11. The molecule has 1 heterocycles. The van der Waals surface area contributed by atoms with Crippen LogP contribution in [0.3, 0.4) is 0 Å². The third-order valence-electron chi connectivity index (χ3n) is 4.78. The molecule has 20 heavy (non-hydrogen) atoms. The zero-order chi connectivity index (χ0) is 13.8. The van der Waals surface area contributed by atoms with E-state index in [-0.39, 0.29) is 0 Å². The Hall–Kier alpha value is -0.770. The van der Waals surface area contributed by atoms with Gasteiger partial charge in [-0.25, -0.2) is 0 Å². The molecule has 114 valence electrons. The van der Waals surface area contributed by atoms with Crippen molar-refractivity contribution in [2.24, 2.45) is 22.7 Å². The summed E-state index contributed by atoms with van der Waals surface area (Å²) in [6.45, 7) is 5.88. The topological polar surface area (TPSA) is 45.7 Å². The van der Waals surface area contributed by atoms with Crippen molar-refractivity contribution in [1.82, 2.24) is 10.6 Å². The highest BCUT2D eigenvalue weighted by Gasteiger charge is 2.41. The summed E-state index contributed by atoms with van der Waals surface area (Å²) in [5.41, 5.74) is 0. The summed E-state index contributed by atoms with van der Waals surface area (Å²) in [5, 5.41) is 6.81. The van der Waals surface area contributed by atoms with Crippen LogP contribution < -0.4 is 10.6 Å². The van der Waals surface area contributed by atoms with Crippen LogP contribution in [0.1, 0.15) is 45.4 Å². The number of ether oxygens (including phenoxy) is 1. The first-order valence-corrected chi connectivity index (χ1v) is 8.50. The lowest BCUT2D eigenvalue weighted by Crippen LogP contribution is -2.41. The van der Waals surface area contributed by atoms with Gasteiger partial charge in [0.25, 0.3) is 0 Å². The van der Waals surface area contributed by atoms with E-state index in [0.29, 0.717) is 6.10 Å². The summed E-state index contributed by atoms with van der Waals surface area (Å²) in [6.07, 6.45) is 8.52. The number of hydrogen-bond donors (Lipinski definition) is 2. The minimum atomic E-state index is 0.376. The first kappa shape index (κ1) is 14.2. The van der Waals surface area contributed by atoms with E-state index in [0.717, 1.165) is 50.0 Å². The second-order valence-corrected chi connectivity index (χ2v) is 6.57. The molecule has 3 fully saturated rings. The van der Waals surface area contributed by atoms with Crippen LogP contribution in [0.15, 0.2) is 4.99 Å². The normalized spacial score (nSPS) is 27.1. The molecule has 2 aliphatic carbocycles. The van der Waals surface area contributed by atoms with E-state index in [4.69, 9.17) is 9.73 Å². The van der Waals surface area contributed by atoms with Gasteiger partial charge in [0.15, 0.2) is 5.96 Å². The van der Waals surface area contributed by atoms with Crippen molar-refractivity contribution in [3.05, 3.63) is 0 Å². The molecular weight excluding hydrogens is 250 g/mol. The minimum Gasteiger partial charge on any atom is -0.376 e. The van der Waals surface area contributed by atoms with Crippen LogP contribution in [-0.4, -0.2) is 38.3 Å². The number of aliphatic imine (C=N–C) groups is 1. The fourth-order valence-electron chi connectivity index (χ4n) is 3.29. The van der Waals surface area contributed by atoms with E-state index in [9.17, 15) is 0 Å².